The first-order chi connectivity index (χ1) is 15.0. The van der Waals surface area contributed by atoms with Crippen molar-refractivity contribution in [3.8, 4) is 0 Å². The fraction of sp³-hybridized carbons (Fsp3) is 0.0417. The Morgan fingerprint density at radius 2 is 1.87 bits per heavy atom. The number of hydrogen-bond acceptors (Lipinski definition) is 5. The van der Waals surface area contributed by atoms with Crippen molar-refractivity contribution in [2.24, 2.45) is 10.7 Å². The summed E-state index contributed by atoms with van der Waals surface area (Å²) in [6.45, 7) is 7.72. The standard InChI is InChI=1S/C24H22N4O2S/c1-3-4-8-16(2)21(29)18-11-13-19(14-12-18)27-24-20(23(30)28-31-24)22(25)26-15-17-9-6-5-7-10-17/h3-14,27H,1-2,15H2,(H2,25,26)(H,28,30)/b8-4-. The molecule has 156 valence electrons. The quantitative estimate of drug-likeness (QED) is 0.152. The highest BCUT2D eigenvalue weighted by molar-refractivity contribution is 7.10. The second-order valence-electron chi connectivity index (χ2n) is 6.58. The second-order valence-corrected chi connectivity index (χ2v) is 7.39. The number of benzene rings is 2. The number of ketones is 1. The highest BCUT2D eigenvalue weighted by atomic mass is 32.1. The minimum Gasteiger partial charge on any atom is -0.383 e. The Morgan fingerprint density at radius 3 is 2.55 bits per heavy atom. The van der Waals surface area contributed by atoms with Crippen molar-refractivity contribution in [3.63, 3.8) is 0 Å². The van der Waals surface area contributed by atoms with Crippen molar-refractivity contribution < 1.29 is 4.79 Å². The average Bonchev–Trinajstić information content (AvgIpc) is 3.16. The van der Waals surface area contributed by atoms with E-state index in [-0.39, 0.29) is 17.2 Å². The molecule has 4 N–H and O–H groups in total. The van der Waals surface area contributed by atoms with Gasteiger partial charge in [-0.2, -0.15) is 0 Å². The normalized spacial score (nSPS) is 11.4. The van der Waals surface area contributed by atoms with Crippen LogP contribution in [0.1, 0.15) is 21.5 Å². The van der Waals surface area contributed by atoms with E-state index in [1.54, 1.807) is 42.5 Å². The SMILES string of the molecule is C=C/C=C\C(=C)C(=O)c1ccc(Nc2s[nH]c(=O)c2C(N)=NCc2ccccc2)cc1. The summed E-state index contributed by atoms with van der Waals surface area (Å²) in [5.41, 5.74) is 8.68. The number of nitrogens with two attached hydrogens (primary N) is 1. The molecular weight excluding hydrogens is 408 g/mol. The number of carbonyl (C=O) groups is 1. The van der Waals surface area contributed by atoms with E-state index in [1.165, 1.54) is 0 Å². The molecule has 0 atom stereocenters. The van der Waals surface area contributed by atoms with Crippen LogP contribution >= 0.6 is 11.5 Å². The number of Topliss-reactive ketones (excluding diaryl/α,β-unsaturated/α-hetero) is 1. The van der Waals surface area contributed by atoms with E-state index in [1.807, 2.05) is 30.3 Å². The average molecular weight is 431 g/mol. The third-order valence-electron chi connectivity index (χ3n) is 4.36. The molecule has 0 amide bonds. The molecule has 3 rings (SSSR count). The summed E-state index contributed by atoms with van der Waals surface area (Å²) in [7, 11) is 0. The molecule has 7 heteroatoms. The van der Waals surface area contributed by atoms with Crippen molar-refractivity contribution in [1.82, 2.24) is 4.37 Å². The molecule has 0 unspecified atom stereocenters. The number of amidine groups is 1. The number of rotatable bonds is 9. The maximum absolute atomic E-state index is 12.4. The molecule has 0 saturated heterocycles. The Kier molecular flexibility index (Phi) is 7.13. The summed E-state index contributed by atoms with van der Waals surface area (Å²) in [4.78, 5) is 29.0. The number of allylic oxidation sites excluding steroid dienone is 4. The van der Waals surface area contributed by atoms with Crippen LogP contribution in [0.4, 0.5) is 10.7 Å². The van der Waals surface area contributed by atoms with Crippen molar-refractivity contribution in [2.75, 3.05) is 5.32 Å². The van der Waals surface area contributed by atoms with Crippen LogP contribution in [-0.2, 0) is 6.54 Å². The lowest BCUT2D eigenvalue weighted by Gasteiger charge is -2.07. The Morgan fingerprint density at radius 1 is 1.16 bits per heavy atom. The Bertz CT molecular complexity index is 1200. The van der Waals surface area contributed by atoms with Gasteiger partial charge in [0, 0.05) is 16.8 Å². The van der Waals surface area contributed by atoms with Crippen LogP contribution in [0.2, 0.25) is 0 Å². The smallest absolute Gasteiger partial charge is 0.271 e. The van der Waals surface area contributed by atoms with E-state index in [0.29, 0.717) is 33.9 Å². The predicted molar refractivity (Wildman–Crippen MR) is 128 cm³/mol. The molecule has 0 aliphatic rings. The van der Waals surface area contributed by atoms with Gasteiger partial charge in [0.1, 0.15) is 16.4 Å². The zero-order valence-electron chi connectivity index (χ0n) is 16.8. The lowest BCUT2D eigenvalue weighted by atomic mass is 10.0. The Balaban J connectivity index is 1.76. The molecule has 1 aromatic heterocycles. The Hall–Kier alpha value is -3.97. The maximum atomic E-state index is 12.4. The lowest BCUT2D eigenvalue weighted by molar-refractivity contribution is 0.103. The zero-order valence-corrected chi connectivity index (χ0v) is 17.6. The molecule has 0 aliphatic heterocycles. The Labute approximate surface area is 184 Å². The molecule has 1 heterocycles. The van der Waals surface area contributed by atoms with Gasteiger partial charge in [0.15, 0.2) is 5.78 Å². The highest BCUT2D eigenvalue weighted by Gasteiger charge is 2.15. The number of hydrogen-bond donors (Lipinski definition) is 3. The largest absolute Gasteiger partial charge is 0.383 e. The molecule has 0 saturated carbocycles. The first-order valence-electron chi connectivity index (χ1n) is 9.45. The summed E-state index contributed by atoms with van der Waals surface area (Å²) in [6, 6.07) is 16.5. The minimum atomic E-state index is -0.307. The highest BCUT2D eigenvalue weighted by Crippen LogP contribution is 2.23. The lowest BCUT2D eigenvalue weighted by Crippen LogP contribution is -2.22. The van der Waals surface area contributed by atoms with E-state index in [0.717, 1.165) is 17.1 Å². The fourth-order valence-electron chi connectivity index (χ4n) is 2.74. The first-order valence-corrected chi connectivity index (χ1v) is 10.3. The number of anilines is 2. The van der Waals surface area contributed by atoms with Crippen LogP contribution in [0.5, 0.6) is 0 Å². The number of H-pyrrole nitrogens is 1. The van der Waals surface area contributed by atoms with Crippen molar-refractivity contribution >= 4 is 33.8 Å². The van der Waals surface area contributed by atoms with Gasteiger partial charge in [0.2, 0.25) is 0 Å². The van der Waals surface area contributed by atoms with Crippen molar-refractivity contribution in [1.29, 1.82) is 0 Å². The van der Waals surface area contributed by atoms with Crippen LogP contribution in [-0.4, -0.2) is 16.0 Å². The van der Waals surface area contributed by atoms with Gasteiger partial charge in [0.05, 0.1) is 6.54 Å². The predicted octanol–water partition coefficient (Wildman–Crippen LogP) is 4.57. The van der Waals surface area contributed by atoms with Gasteiger partial charge < -0.3 is 11.1 Å². The van der Waals surface area contributed by atoms with Gasteiger partial charge in [0.25, 0.3) is 5.56 Å². The summed E-state index contributed by atoms with van der Waals surface area (Å²) < 4.78 is 2.68. The summed E-state index contributed by atoms with van der Waals surface area (Å²) in [5.74, 6) is -0.0140. The molecule has 0 spiro atoms. The van der Waals surface area contributed by atoms with Gasteiger partial charge in [-0.05, 0) is 41.4 Å². The van der Waals surface area contributed by atoms with Gasteiger partial charge in [-0.25, -0.2) is 0 Å². The van der Waals surface area contributed by atoms with E-state index < -0.39 is 0 Å². The topological polar surface area (TPSA) is 100 Å². The summed E-state index contributed by atoms with van der Waals surface area (Å²) in [6.07, 6.45) is 4.86. The molecule has 0 bridgehead atoms. The van der Waals surface area contributed by atoms with E-state index >= 15 is 0 Å². The molecule has 31 heavy (non-hydrogen) atoms. The fourth-order valence-corrected chi connectivity index (χ4v) is 3.51. The monoisotopic (exact) mass is 430 g/mol. The van der Waals surface area contributed by atoms with Crippen molar-refractivity contribution in [3.05, 3.63) is 119 Å². The van der Waals surface area contributed by atoms with Gasteiger partial charge in [-0.1, -0.05) is 61.7 Å². The molecule has 6 nitrogen and oxygen atoms in total. The second kappa shape index (κ2) is 10.2. The van der Waals surface area contributed by atoms with Gasteiger partial charge >= 0.3 is 0 Å². The summed E-state index contributed by atoms with van der Waals surface area (Å²) >= 11 is 1.14. The molecule has 0 aliphatic carbocycles. The number of nitrogens with zero attached hydrogens (tertiary/aromatic N) is 1. The molecule has 0 fully saturated rings. The van der Waals surface area contributed by atoms with E-state index in [4.69, 9.17) is 5.73 Å². The van der Waals surface area contributed by atoms with Crippen LogP contribution in [0, 0.1) is 0 Å². The first kappa shape index (κ1) is 21.7. The number of nitrogens with one attached hydrogen (secondary N) is 2. The third-order valence-corrected chi connectivity index (χ3v) is 5.16. The van der Waals surface area contributed by atoms with Crippen molar-refractivity contribution in [2.45, 2.75) is 6.54 Å². The summed E-state index contributed by atoms with van der Waals surface area (Å²) in [5, 5.41) is 3.72. The van der Waals surface area contributed by atoms with E-state index in [9.17, 15) is 9.59 Å². The number of aromatic amines is 1. The third kappa shape index (κ3) is 5.55. The molecule has 3 aromatic rings. The van der Waals surface area contributed by atoms with Crippen LogP contribution in [0.15, 0.2) is 101 Å². The van der Waals surface area contributed by atoms with Crippen LogP contribution in [0.25, 0.3) is 0 Å². The number of aromatic nitrogens is 1. The number of carbonyl (C=O) groups excluding carboxylic acids is 1. The minimum absolute atomic E-state index is 0.158. The molecule has 0 radical (unpaired) electrons. The van der Waals surface area contributed by atoms with Crippen LogP contribution < -0.4 is 16.6 Å². The van der Waals surface area contributed by atoms with Gasteiger partial charge in [-0.3, -0.25) is 19.0 Å². The maximum Gasteiger partial charge on any atom is 0.271 e. The number of aliphatic imine (C=N–C) groups is 1. The molecule has 2 aromatic carbocycles. The van der Waals surface area contributed by atoms with Crippen LogP contribution in [0.3, 0.4) is 0 Å². The van der Waals surface area contributed by atoms with E-state index in [2.05, 4.69) is 27.8 Å². The molecular formula is C24H22N4O2S. The van der Waals surface area contributed by atoms with Gasteiger partial charge in [-0.15, -0.1) is 0 Å². The zero-order chi connectivity index (χ0) is 22.2.